The van der Waals surface area contributed by atoms with Gasteiger partial charge < -0.3 is 19.6 Å². The molecule has 0 bridgehead atoms. The van der Waals surface area contributed by atoms with Crippen molar-refractivity contribution in [1.29, 1.82) is 0 Å². The number of nitrogens with one attached hydrogen (secondary N) is 2. The number of carbonyl (C=O) groups excluding carboxylic acids is 2. The van der Waals surface area contributed by atoms with Crippen LogP contribution in [0.2, 0.25) is 5.02 Å². The molecular formula is C25H20ClN3O3. The van der Waals surface area contributed by atoms with Gasteiger partial charge in [0.1, 0.15) is 6.04 Å². The van der Waals surface area contributed by atoms with Crippen molar-refractivity contribution >= 4 is 34.9 Å². The third-order valence-electron chi connectivity index (χ3n) is 5.55. The van der Waals surface area contributed by atoms with Crippen LogP contribution < -0.4 is 10.6 Å². The molecule has 2 N–H and O–H groups in total. The molecule has 0 fully saturated rings. The van der Waals surface area contributed by atoms with Gasteiger partial charge in [-0.3, -0.25) is 9.59 Å². The third-order valence-corrected chi connectivity index (χ3v) is 5.92. The minimum Gasteiger partial charge on any atom is -0.449 e. The zero-order valence-corrected chi connectivity index (χ0v) is 17.8. The lowest BCUT2D eigenvalue weighted by molar-refractivity contribution is -0.115. The van der Waals surface area contributed by atoms with E-state index >= 15 is 0 Å². The monoisotopic (exact) mass is 445 g/mol. The van der Waals surface area contributed by atoms with Crippen LogP contribution >= 0.6 is 11.6 Å². The SMILES string of the molecule is O=C(Cc1ccccc1Cl)Nc1ccc(C(=O)C2Nc3occc3Cn3cccc32)cc1. The highest BCUT2D eigenvalue weighted by Crippen LogP contribution is 2.31. The first kappa shape index (κ1) is 20.2. The minimum atomic E-state index is -0.571. The number of benzene rings is 2. The van der Waals surface area contributed by atoms with E-state index < -0.39 is 6.04 Å². The number of halogens is 1. The summed E-state index contributed by atoms with van der Waals surface area (Å²) in [6.07, 6.45) is 3.75. The van der Waals surface area contributed by atoms with Crippen LogP contribution in [-0.2, 0) is 17.8 Å². The first-order valence-electron chi connectivity index (χ1n) is 10.2. The number of anilines is 2. The molecule has 0 saturated heterocycles. The molecule has 160 valence electrons. The number of amides is 1. The molecule has 5 rings (SSSR count). The lowest BCUT2D eigenvalue weighted by Gasteiger charge is -2.17. The molecule has 3 heterocycles. The highest BCUT2D eigenvalue weighted by Gasteiger charge is 2.29. The highest BCUT2D eigenvalue weighted by atomic mass is 35.5. The molecule has 0 aliphatic carbocycles. The maximum atomic E-state index is 13.3. The second kappa shape index (κ2) is 8.40. The molecule has 0 saturated carbocycles. The lowest BCUT2D eigenvalue weighted by atomic mass is 10.0. The molecule has 6 nitrogen and oxygen atoms in total. The number of hydrogen-bond acceptors (Lipinski definition) is 4. The number of rotatable bonds is 5. The van der Waals surface area contributed by atoms with E-state index in [1.807, 2.05) is 47.2 Å². The van der Waals surface area contributed by atoms with Crippen LogP contribution in [0, 0.1) is 0 Å². The summed E-state index contributed by atoms with van der Waals surface area (Å²) in [5.41, 5.74) is 3.78. The van der Waals surface area contributed by atoms with Crippen LogP contribution in [-0.4, -0.2) is 16.3 Å². The topological polar surface area (TPSA) is 76.3 Å². The average molecular weight is 446 g/mol. The number of nitrogens with zero attached hydrogens (tertiary/aromatic N) is 1. The van der Waals surface area contributed by atoms with Gasteiger partial charge in [0, 0.05) is 33.7 Å². The smallest absolute Gasteiger partial charge is 0.228 e. The first-order chi connectivity index (χ1) is 15.6. The molecule has 1 amide bonds. The summed E-state index contributed by atoms with van der Waals surface area (Å²) < 4.78 is 7.58. The van der Waals surface area contributed by atoms with Gasteiger partial charge in [-0.05, 0) is 54.1 Å². The molecule has 2 aromatic heterocycles. The molecule has 32 heavy (non-hydrogen) atoms. The molecule has 2 aromatic carbocycles. The Bertz CT molecular complexity index is 1290. The maximum absolute atomic E-state index is 13.3. The minimum absolute atomic E-state index is 0.0804. The van der Waals surface area contributed by atoms with E-state index in [0.29, 0.717) is 28.7 Å². The number of ketones is 1. The Hall–Kier alpha value is -3.77. The Balaban J connectivity index is 1.31. The molecule has 1 atom stereocenters. The molecule has 1 aliphatic rings. The van der Waals surface area contributed by atoms with Crippen LogP contribution in [0.3, 0.4) is 0 Å². The Morgan fingerprint density at radius 1 is 1.06 bits per heavy atom. The predicted octanol–water partition coefficient (Wildman–Crippen LogP) is 5.31. The van der Waals surface area contributed by atoms with E-state index in [2.05, 4.69) is 10.6 Å². The fraction of sp³-hybridized carbons (Fsp3) is 0.120. The van der Waals surface area contributed by atoms with Crippen LogP contribution in [0.1, 0.15) is 33.2 Å². The summed E-state index contributed by atoms with van der Waals surface area (Å²) >= 11 is 6.13. The third kappa shape index (κ3) is 3.92. The van der Waals surface area contributed by atoms with Gasteiger partial charge in [-0.15, -0.1) is 0 Å². The van der Waals surface area contributed by atoms with E-state index in [1.165, 1.54) is 0 Å². The molecule has 4 aromatic rings. The van der Waals surface area contributed by atoms with Crippen molar-refractivity contribution in [2.45, 2.75) is 19.0 Å². The number of aromatic nitrogens is 1. The van der Waals surface area contributed by atoms with Crippen molar-refractivity contribution in [2.75, 3.05) is 10.6 Å². The summed E-state index contributed by atoms with van der Waals surface area (Å²) in [5.74, 6) is 0.351. The van der Waals surface area contributed by atoms with Crippen molar-refractivity contribution in [3.8, 4) is 0 Å². The van der Waals surface area contributed by atoms with Gasteiger partial charge in [0.15, 0.2) is 11.7 Å². The zero-order chi connectivity index (χ0) is 22.1. The lowest BCUT2D eigenvalue weighted by Crippen LogP contribution is -2.22. The number of carbonyl (C=O) groups is 2. The molecule has 1 aliphatic heterocycles. The van der Waals surface area contributed by atoms with Crippen molar-refractivity contribution in [1.82, 2.24) is 4.57 Å². The summed E-state index contributed by atoms with van der Waals surface area (Å²) in [6, 6.07) is 19.3. The molecule has 0 radical (unpaired) electrons. The van der Waals surface area contributed by atoms with Gasteiger partial charge in [-0.2, -0.15) is 0 Å². The van der Waals surface area contributed by atoms with E-state index in [1.54, 1.807) is 36.6 Å². The van der Waals surface area contributed by atoms with E-state index in [4.69, 9.17) is 16.0 Å². The van der Waals surface area contributed by atoms with E-state index in [0.717, 1.165) is 16.8 Å². The van der Waals surface area contributed by atoms with Crippen LogP contribution in [0.5, 0.6) is 0 Å². The quantitative estimate of drug-likeness (QED) is 0.408. The van der Waals surface area contributed by atoms with Crippen LogP contribution in [0.25, 0.3) is 0 Å². The van der Waals surface area contributed by atoms with E-state index in [-0.39, 0.29) is 18.1 Å². The molecule has 0 spiro atoms. The number of Topliss-reactive ketones (excluding diaryl/α,β-unsaturated/α-hetero) is 1. The van der Waals surface area contributed by atoms with Gasteiger partial charge in [0.2, 0.25) is 5.91 Å². The number of hydrogen-bond donors (Lipinski definition) is 2. The Morgan fingerprint density at radius 2 is 1.88 bits per heavy atom. The zero-order valence-electron chi connectivity index (χ0n) is 17.0. The van der Waals surface area contributed by atoms with Crippen LogP contribution in [0.4, 0.5) is 11.6 Å². The van der Waals surface area contributed by atoms with Gasteiger partial charge in [0.25, 0.3) is 0 Å². The standard InChI is InChI=1S/C25H20ClN3O3/c26-20-5-2-1-4-17(20)14-22(30)27-19-9-7-16(8-10-19)24(31)23-21-6-3-12-29(21)15-18-11-13-32-25(18)28-23/h1-13,23,28H,14-15H2,(H,27,30). The molecule has 1 unspecified atom stereocenters. The van der Waals surface area contributed by atoms with Gasteiger partial charge in [-0.1, -0.05) is 29.8 Å². The van der Waals surface area contributed by atoms with Gasteiger partial charge >= 0.3 is 0 Å². The van der Waals surface area contributed by atoms with Crippen LogP contribution in [0.15, 0.2) is 83.6 Å². The van der Waals surface area contributed by atoms with E-state index in [9.17, 15) is 9.59 Å². The summed E-state index contributed by atoms with van der Waals surface area (Å²) in [7, 11) is 0. The van der Waals surface area contributed by atoms with Gasteiger partial charge in [0.05, 0.1) is 19.2 Å². The fourth-order valence-electron chi connectivity index (χ4n) is 3.91. The second-order valence-electron chi connectivity index (χ2n) is 7.67. The Labute approximate surface area is 189 Å². The maximum Gasteiger partial charge on any atom is 0.228 e. The summed E-state index contributed by atoms with van der Waals surface area (Å²) in [4.78, 5) is 25.7. The highest BCUT2D eigenvalue weighted by molar-refractivity contribution is 6.31. The average Bonchev–Trinajstić information content (AvgIpc) is 3.41. The Morgan fingerprint density at radius 3 is 2.69 bits per heavy atom. The number of fused-ring (bicyclic) bond motifs is 2. The fourth-order valence-corrected chi connectivity index (χ4v) is 4.12. The second-order valence-corrected chi connectivity index (χ2v) is 8.08. The van der Waals surface area contributed by atoms with Crippen molar-refractivity contribution in [2.24, 2.45) is 0 Å². The predicted molar refractivity (Wildman–Crippen MR) is 123 cm³/mol. The normalized spacial score (nSPS) is 14.6. The number of furan rings is 1. The first-order valence-corrected chi connectivity index (χ1v) is 10.6. The van der Waals surface area contributed by atoms with Crippen molar-refractivity contribution < 1.29 is 14.0 Å². The Kier molecular flexibility index (Phi) is 5.29. The summed E-state index contributed by atoms with van der Waals surface area (Å²) in [6.45, 7) is 0.640. The molecular weight excluding hydrogens is 426 g/mol. The molecule has 7 heteroatoms. The van der Waals surface area contributed by atoms with Crippen molar-refractivity contribution in [3.63, 3.8) is 0 Å². The largest absolute Gasteiger partial charge is 0.449 e. The van der Waals surface area contributed by atoms with Crippen molar-refractivity contribution in [3.05, 3.63) is 107 Å². The van der Waals surface area contributed by atoms with Gasteiger partial charge in [-0.25, -0.2) is 0 Å². The summed E-state index contributed by atoms with van der Waals surface area (Å²) in [5, 5.41) is 6.65.